The van der Waals surface area contributed by atoms with E-state index in [2.05, 4.69) is 0 Å². The average molecular weight is 426 g/mol. The second-order valence-corrected chi connectivity index (χ2v) is 7.76. The number of nitrogens with zero attached hydrogens (tertiary/aromatic N) is 2. The number of ketones is 1. The van der Waals surface area contributed by atoms with E-state index in [9.17, 15) is 19.1 Å². The number of halogens is 1. The molecule has 3 rings (SSSR count). The second-order valence-electron chi connectivity index (χ2n) is 7.76. The summed E-state index contributed by atoms with van der Waals surface area (Å²) >= 11 is 0. The van der Waals surface area contributed by atoms with Crippen molar-refractivity contribution in [3.8, 4) is 5.75 Å². The highest BCUT2D eigenvalue weighted by atomic mass is 19.1. The Morgan fingerprint density at radius 2 is 1.84 bits per heavy atom. The lowest BCUT2D eigenvalue weighted by molar-refractivity contribution is -0.140. The number of likely N-dealkylation sites (tertiary alicyclic amines) is 1. The van der Waals surface area contributed by atoms with E-state index in [0.717, 1.165) is 0 Å². The lowest BCUT2D eigenvalue weighted by atomic mass is 9.94. The normalized spacial score (nSPS) is 18.1. The minimum absolute atomic E-state index is 0.00243. The summed E-state index contributed by atoms with van der Waals surface area (Å²) in [4.78, 5) is 29.2. The van der Waals surface area contributed by atoms with Crippen LogP contribution in [0.4, 0.5) is 4.39 Å². The van der Waals surface area contributed by atoms with E-state index < -0.39 is 23.5 Å². The molecule has 31 heavy (non-hydrogen) atoms. The highest BCUT2D eigenvalue weighted by Crippen LogP contribution is 2.40. The summed E-state index contributed by atoms with van der Waals surface area (Å²) < 4.78 is 19.0. The number of aliphatic hydroxyl groups is 1. The van der Waals surface area contributed by atoms with Crippen LogP contribution in [0.1, 0.15) is 29.7 Å². The molecule has 164 valence electrons. The first-order chi connectivity index (χ1) is 14.7. The number of amides is 1. The number of aliphatic hydroxyl groups excluding tert-OH is 1. The fourth-order valence-corrected chi connectivity index (χ4v) is 3.71. The third kappa shape index (κ3) is 4.61. The van der Waals surface area contributed by atoms with Crippen molar-refractivity contribution in [1.82, 2.24) is 9.80 Å². The van der Waals surface area contributed by atoms with Gasteiger partial charge in [0.05, 0.1) is 18.2 Å². The van der Waals surface area contributed by atoms with Crippen LogP contribution >= 0.6 is 0 Å². The second kappa shape index (κ2) is 9.31. The molecule has 0 spiro atoms. The molecule has 1 amide bonds. The smallest absolute Gasteiger partial charge is 0.295 e. The number of carbonyl (C=O) groups is 2. The summed E-state index contributed by atoms with van der Waals surface area (Å²) in [6.07, 6.45) is 0. The summed E-state index contributed by atoms with van der Waals surface area (Å²) in [5.74, 6) is -1.45. The lowest BCUT2D eigenvalue weighted by Gasteiger charge is -2.26. The molecule has 1 saturated heterocycles. The van der Waals surface area contributed by atoms with Gasteiger partial charge in [0.1, 0.15) is 17.3 Å². The highest BCUT2D eigenvalue weighted by Gasteiger charge is 2.46. The number of rotatable bonds is 7. The summed E-state index contributed by atoms with van der Waals surface area (Å²) in [6, 6.07) is 9.98. The third-order valence-corrected chi connectivity index (χ3v) is 5.28. The van der Waals surface area contributed by atoms with Crippen molar-refractivity contribution in [3.63, 3.8) is 0 Å². The SMILES string of the molecule is CCOc1ccc(/C(O)=C2\C(=O)C(=O)N(CCN(C)C)C2c2ccc(F)cc2)c(C)c1. The van der Waals surface area contributed by atoms with Crippen LogP contribution in [0.25, 0.3) is 5.76 Å². The van der Waals surface area contributed by atoms with Gasteiger partial charge in [0.25, 0.3) is 11.7 Å². The van der Waals surface area contributed by atoms with E-state index in [0.29, 0.717) is 42.1 Å². The summed E-state index contributed by atoms with van der Waals surface area (Å²) in [6.45, 7) is 5.01. The molecule has 1 fully saturated rings. The van der Waals surface area contributed by atoms with Gasteiger partial charge in [-0.05, 0) is 69.4 Å². The standard InChI is InChI=1S/C24H27FN2O4/c1-5-31-18-10-11-19(15(2)14-18)22(28)20-21(16-6-8-17(25)9-7-16)27(13-12-26(3)4)24(30)23(20)29/h6-11,14,21,28H,5,12-13H2,1-4H3/b22-20+. The first kappa shape index (κ1) is 22.5. The summed E-state index contributed by atoms with van der Waals surface area (Å²) in [7, 11) is 3.74. The topological polar surface area (TPSA) is 70.1 Å². The zero-order valence-electron chi connectivity index (χ0n) is 18.2. The van der Waals surface area contributed by atoms with Crippen molar-refractivity contribution in [2.24, 2.45) is 0 Å². The van der Waals surface area contributed by atoms with Gasteiger partial charge in [-0.25, -0.2) is 4.39 Å². The van der Waals surface area contributed by atoms with Crippen molar-refractivity contribution in [2.45, 2.75) is 19.9 Å². The van der Waals surface area contributed by atoms with Crippen LogP contribution in [-0.4, -0.2) is 60.4 Å². The molecule has 1 aliphatic heterocycles. The molecular weight excluding hydrogens is 399 g/mol. The van der Waals surface area contributed by atoms with Gasteiger partial charge in [-0.2, -0.15) is 0 Å². The molecule has 0 aromatic heterocycles. The van der Waals surface area contributed by atoms with E-state index in [-0.39, 0.29) is 11.3 Å². The predicted molar refractivity (Wildman–Crippen MR) is 116 cm³/mol. The Hall–Kier alpha value is -3.19. The van der Waals surface area contributed by atoms with Crippen LogP contribution in [-0.2, 0) is 9.59 Å². The number of hydrogen-bond donors (Lipinski definition) is 1. The molecule has 7 heteroatoms. The lowest BCUT2D eigenvalue weighted by Crippen LogP contribution is -2.35. The predicted octanol–water partition coefficient (Wildman–Crippen LogP) is 3.52. The zero-order chi connectivity index (χ0) is 22.7. The number of carbonyl (C=O) groups excluding carboxylic acids is 2. The molecule has 6 nitrogen and oxygen atoms in total. The summed E-state index contributed by atoms with van der Waals surface area (Å²) in [5.41, 5.74) is 1.72. The zero-order valence-corrected chi connectivity index (χ0v) is 18.2. The van der Waals surface area contributed by atoms with Crippen LogP contribution in [0, 0.1) is 12.7 Å². The molecule has 0 aliphatic carbocycles. The molecule has 1 N–H and O–H groups in total. The Morgan fingerprint density at radius 3 is 2.42 bits per heavy atom. The van der Waals surface area contributed by atoms with Crippen molar-refractivity contribution >= 4 is 17.4 Å². The quantitative estimate of drug-likeness (QED) is 0.417. The highest BCUT2D eigenvalue weighted by molar-refractivity contribution is 6.46. The van der Waals surface area contributed by atoms with E-state index in [1.807, 2.05) is 25.9 Å². The maximum atomic E-state index is 13.5. The van der Waals surface area contributed by atoms with Crippen molar-refractivity contribution in [1.29, 1.82) is 0 Å². The number of aryl methyl sites for hydroxylation is 1. The Balaban J connectivity index is 2.13. The molecule has 1 unspecified atom stereocenters. The molecule has 1 atom stereocenters. The third-order valence-electron chi connectivity index (χ3n) is 5.28. The minimum atomic E-state index is -0.800. The molecule has 0 bridgehead atoms. The first-order valence-electron chi connectivity index (χ1n) is 10.2. The van der Waals surface area contributed by atoms with Crippen LogP contribution < -0.4 is 4.74 Å². The Morgan fingerprint density at radius 1 is 1.16 bits per heavy atom. The fraction of sp³-hybridized carbons (Fsp3) is 0.333. The van der Waals surface area contributed by atoms with E-state index in [4.69, 9.17) is 4.74 Å². The number of likely N-dealkylation sites (N-methyl/N-ethyl adjacent to an activating group) is 1. The van der Waals surface area contributed by atoms with Crippen molar-refractivity contribution in [2.75, 3.05) is 33.8 Å². The van der Waals surface area contributed by atoms with Gasteiger partial charge in [-0.15, -0.1) is 0 Å². The monoisotopic (exact) mass is 426 g/mol. The molecule has 0 radical (unpaired) electrons. The van der Waals surface area contributed by atoms with Gasteiger partial charge < -0.3 is 19.6 Å². The maximum absolute atomic E-state index is 13.5. The van der Waals surface area contributed by atoms with Gasteiger partial charge in [0.15, 0.2) is 0 Å². The van der Waals surface area contributed by atoms with Gasteiger partial charge in [0, 0.05) is 18.7 Å². The summed E-state index contributed by atoms with van der Waals surface area (Å²) in [5, 5.41) is 11.1. The molecule has 2 aromatic rings. The van der Waals surface area contributed by atoms with Gasteiger partial charge in [-0.3, -0.25) is 9.59 Å². The molecular formula is C24H27FN2O4. The maximum Gasteiger partial charge on any atom is 0.295 e. The van der Waals surface area contributed by atoms with E-state index in [1.54, 1.807) is 25.1 Å². The number of Topliss-reactive ketones (excluding diaryl/α,β-unsaturated/α-hetero) is 1. The molecule has 1 heterocycles. The Kier molecular flexibility index (Phi) is 6.75. The minimum Gasteiger partial charge on any atom is -0.507 e. The van der Waals surface area contributed by atoms with Gasteiger partial charge in [0.2, 0.25) is 0 Å². The van der Waals surface area contributed by atoms with Crippen LogP contribution in [0.2, 0.25) is 0 Å². The molecule has 1 aliphatic rings. The van der Waals surface area contributed by atoms with Gasteiger partial charge in [-0.1, -0.05) is 12.1 Å². The fourth-order valence-electron chi connectivity index (χ4n) is 3.71. The van der Waals surface area contributed by atoms with Crippen molar-refractivity contribution < 1.29 is 23.8 Å². The van der Waals surface area contributed by atoms with Crippen molar-refractivity contribution in [3.05, 3.63) is 70.5 Å². The van der Waals surface area contributed by atoms with Crippen LogP contribution in [0.15, 0.2) is 48.0 Å². The average Bonchev–Trinajstić information content (AvgIpc) is 2.97. The van der Waals surface area contributed by atoms with E-state index >= 15 is 0 Å². The molecule has 2 aromatic carbocycles. The molecule has 0 saturated carbocycles. The Bertz CT molecular complexity index is 1010. The number of hydrogen-bond acceptors (Lipinski definition) is 5. The van der Waals surface area contributed by atoms with Crippen LogP contribution in [0.5, 0.6) is 5.75 Å². The number of ether oxygens (including phenoxy) is 1. The number of benzene rings is 2. The van der Waals surface area contributed by atoms with Gasteiger partial charge >= 0.3 is 0 Å². The van der Waals surface area contributed by atoms with E-state index in [1.165, 1.54) is 29.2 Å². The Labute approximate surface area is 181 Å². The largest absolute Gasteiger partial charge is 0.507 e. The first-order valence-corrected chi connectivity index (χ1v) is 10.2. The van der Waals surface area contributed by atoms with Crippen LogP contribution in [0.3, 0.4) is 0 Å².